The quantitative estimate of drug-likeness (QED) is 0.790. The van der Waals surface area contributed by atoms with Crippen LogP contribution in [0, 0.1) is 0 Å². The summed E-state index contributed by atoms with van der Waals surface area (Å²) in [4.78, 5) is 14.3. The fourth-order valence-electron chi connectivity index (χ4n) is 2.22. The number of nitrogens with zero attached hydrogens (tertiary/aromatic N) is 1. The molecule has 0 aliphatic heterocycles. The fourth-order valence-corrected chi connectivity index (χ4v) is 2.41. The van der Waals surface area contributed by atoms with Crippen LogP contribution in [0.3, 0.4) is 0 Å². The molecule has 0 aliphatic rings. The van der Waals surface area contributed by atoms with Crippen LogP contribution in [0.5, 0.6) is 5.75 Å². The van der Waals surface area contributed by atoms with Crippen LogP contribution < -0.4 is 4.74 Å². The maximum Gasteiger partial charge on any atom is 0.257 e. The lowest BCUT2D eigenvalue weighted by Crippen LogP contribution is -2.30. The van der Waals surface area contributed by atoms with Crippen molar-refractivity contribution in [3.63, 3.8) is 0 Å². The third kappa shape index (κ3) is 3.80. The molecule has 116 valence electrons. The summed E-state index contributed by atoms with van der Waals surface area (Å²) in [5.74, 6) is 0.569. The molecule has 0 aliphatic carbocycles. The van der Waals surface area contributed by atoms with Crippen molar-refractivity contribution < 1.29 is 9.53 Å². The van der Waals surface area contributed by atoms with Crippen LogP contribution in [0.1, 0.15) is 29.8 Å². The second-order valence-electron chi connectivity index (χ2n) is 4.85. The Morgan fingerprint density at radius 1 is 1.05 bits per heavy atom. The second kappa shape index (κ2) is 7.85. The minimum atomic E-state index is -0.0141. The maximum atomic E-state index is 12.5. The Hall–Kier alpha value is -2.00. The van der Waals surface area contributed by atoms with Crippen LogP contribution in [0.15, 0.2) is 48.5 Å². The van der Waals surface area contributed by atoms with Crippen molar-refractivity contribution in [1.29, 1.82) is 0 Å². The minimum absolute atomic E-state index is 0.0141. The number of rotatable bonds is 6. The standard InChI is InChI=1S/C18H20ClNO2/c1-3-20(4-2)18(21)15-10-6-8-12-17(15)22-13-14-9-5-7-11-16(14)19/h5-12H,3-4,13H2,1-2H3. The summed E-state index contributed by atoms with van der Waals surface area (Å²) in [5, 5.41) is 0.662. The molecule has 0 atom stereocenters. The molecule has 1 amide bonds. The van der Waals surface area contributed by atoms with E-state index in [0.29, 0.717) is 36.0 Å². The topological polar surface area (TPSA) is 29.5 Å². The van der Waals surface area contributed by atoms with Crippen LogP contribution in [0.25, 0.3) is 0 Å². The van der Waals surface area contributed by atoms with Gasteiger partial charge in [0.05, 0.1) is 5.56 Å². The first-order chi connectivity index (χ1) is 10.7. The predicted molar refractivity (Wildman–Crippen MR) is 89.5 cm³/mol. The largest absolute Gasteiger partial charge is 0.488 e. The average molecular weight is 318 g/mol. The average Bonchev–Trinajstić information content (AvgIpc) is 2.55. The van der Waals surface area contributed by atoms with E-state index >= 15 is 0 Å². The fraction of sp³-hybridized carbons (Fsp3) is 0.278. The Bertz CT molecular complexity index is 638. The Labute approximate surface area is 136 Å². The number of hydrogen-bond acceptors (Lipinski definition) is 2. The van der Waals surface area contributed by atoms with Crippen LogP contribution in [0.4, 0.5) is 0 Å². The Balaban J connectivity index is 2.18. The lowest BCUT2D eigenvalue weighted by Gasteiger charge is -2.20. The van der Waals surface area contributed by atoms with E-state index in [1.807, 2.05) is 56.3 Å². The van der Waals surface area contributed by atoms with Crippen molar-refractivity contribution in [3.05, 3.63) is 64.7 Å². The van der Waals surface area contributed by atoms with Crippen LogP contribution in [-0.4, -0.2) is 23.9 Å². The maximum absolute atomic E-state index is 12.5. The predicted octanol–water partition coefficient (Wildman–Crippen LogP) is 4.40. The van der Waals surface area contributed by atoms with E-state index < -0.39 is 0 Å². The number of ether oxygens (including phenoxy) is 1. The summed E-state index contributed by atoms with van der Waals surface area (Å²) in [6.07, 6.45) is 0. The molecule has 0 bridgehead atoms. The summed E-state index contributed by atoms with van der Waals surface area (Å²) in [7, 11) is 0. The molecule has 2 aromatic carbocycles. The van der Waals surface area contributed by atoms with Crippen molar-refractivity contribution in [1.82, 2.24) is 4.90 Å². The molecule has 0 spiro atoms. The first-order valence-electron chi connectivity index (χ1n) is 7.41. The number of amides is 1. The van der Waals surface area contributed by atoms with Gasteiger partial charge in [-0.1, -0.05) is 41.9 Å². The zero-order valence-electron chi connectivity index (χ0n) is 12.9. The summed E-state index contributed by atoms with van der Waals surface area (Å²) in [6, 6.07) is 14.8. The Kier molecular flexibility index (Phi) is 5.84. The number of para-hydroxylation sites is 1. The van der Waals surface area contributed by atoms with E-state index in [4.69, 9.17) is 16.3 Å². The highest BCUT2D eigenvalue weighted by Crippen LogP contribution is 2.23. The van der Waals surface area contributed by atoms with Gasteiger partial charge in [-0.25, -0.2) is 0 Å². The van der Waals surface area contributed by atoms with E-state index in [9.17, 15) is 4.79 Å². The van der Waals surface area contributed by atoms with Gasteiger partial charge >= 0.3 is 0 Å². The third-order valence-electron chi connectivity index (χ3n) is 3.51. The summed E-state index contributed by atoms with van der Waals surface area (Å²) in [5.41, 5.74) is 1.48. The van der Waals surface area contributed by atoms with Crippen LogP contribution in [-0.2, 0) is 6.61 Å². The molecule has 0 saturated carbocycles. The molecule has 2 rings (SSSR count). The molecule has 0 saturated heterocycles. The first-order valence-corrected chi connectivity index (χ1v) is 7.79. The molecule has 0 heterocycles. The van der Waals surface area contributed by atoms with Crippen molar-refractivity contribution in [3.8, 4) is 5.75 Å². The highest BCUT2D eigenvalue weighted by Gasteiger charge is 2.17. The van der Waals surface area contributed by atoms with Gasteiger partial charge in [0.25, 0.3) is 5.91 Å². The summed E-state index contributed by atoms with van der Waals surface area (Å²) >= 11 is 6.13. The number of hydrogen-bond donors (Lipinski definition) is 0. The van der Waals surface area contributed by atoms with E-state index in [1.165, 1.54) is 0 Å². The summed E-state index contributed by atoms with van der Waals surface area (Å²) < 4.78 is 5.83. The normalized spacial score (nSPS) is 10.3. The molecule has 2 aromatic rings. The molecule has 4 heteroatoms. The highest BCUT2D eigenvalue weighted by molar-refractivity contribution is 6.31. The van der Waals surface area contributed by atoms with E-state index in [2.05, 4.69) is 0 Å². The van der Waals surface area contributed by atoms with Gasteiger partial charge in [0.1, 0.15) is 12.4 Å². The van der Waals surface area contributed by atoms with Gasteiger partial charge in [-0.3, -0.25) is 4.79 Å². The highest BCUT2D eigenvalue weighted by atomic mass is 35.5. The van der Waals surface area contributed by atoms with Crippen molar-refractivity contribution >= 4 is 17.5 Å². The molecule has 0 N–H and O–H groups in total. The van der Waals surface area contributed by atoms with Crippen LogP contribution in [0.2, 0.25) is 5.02 Å². The molecule has 0 radical (unpaired) electrons. The lowest BCUT2D eigenvalue weighted by atomic mass is 10.1. The van der Waals surface area contributed by atoms with Gasteiger partial charge in [-0.15, -0.1) is 0 Å². The van der Waals surface area contributed by atoms with Gasteiger partial charge < -0.3 is 9.64 Å². The second-order valence-corrected chi connectivity index (χ2v) is 5.26. The van der Waals surface area contributed by atoms with Crippen molar-refractivity contribution in [2.75, 3.05) is 13.1 Å². The number of halogens is 1. The van der Waals surface area contributed by atoms with Gasteiger partial charge in [0.2, 0.25) is 0 Å². The monoisotopic (exact) mass is 317 g/mol. The minimum Gasteiger partial charge on any atom is -0.488 e. The Morgan fingerprint density at radius 2 is 1.68 bits per heavy atom. The van der Waals surface area contributed by atoms with Crippen molar-refractivity contribution in [2.45, 2.75) is 20.5 Å². The number of carbonyl (C=O) groups excluding carboxylic acids is 1. The van der Waals surface area contributed by atoms with E-state index in [-0.39, 0.29) is 5.91 Å². The molecular weight excluding hydrogens is 298 g/mol. The Morgan fingerprint density at radius 3 is 2.36 bits per heavy atom. The van der Waals surface area contributed by atoms with Crippen molar-refractivity contribution in [2.24, 2.45) is 0 Å². The van der Waals surface area contributed by atoms with Gasteiger partial charge in [0, 0.05) is 23.7 Å². The smallest absolute Gasteiger partial charge is 0.257 e. The molecule has 3 nitrogen and oxygen atoms in total. The third-order valence-corrected chi connectivity index (χ3v) is 3.88. The van der Waals surface area contributed by atoms with E-state index in [1.54, 1.807) is 11.0 Å². The van der Waals surface area contributed by atoms with Gasteiger partial charge in [-0.05, 0) is 32.0 Å². The lowest BCUT2D eigenvalue weighted by molar-refractivity contribution is 0.0768. The zero-order chi connectivity index (χ0) is 15.9. The SMILES string of the molecule is CCN(CC)C(=O)c1ccccc1OCc1ccccc1Cl. The van der Waals surface area contributed by atoms with Gasteiger partial charge in [-0.2, -0.15) is 0 Å². The molecule has 22 heavy (non-hydrogen) atoms. The molecule has 0 aromatic heterocycles. The first kappa shape index (κ1) is 16.4. The van der Waals surface area contributed by atoms with Gasteiger partial charge in [0.15, 0.2) is 0 Å². The molecule has 0 fully saturated rings. The summed E-state index contributed by atoms with van der Waals surface area (Å²) in [6.45, 7) is 5.62. The molecule has 0 unspecified atom stereocenters. The number of benzene rings is 2. The molecular formula is C18H20ClNO2. The zero-order valence-corrected chi connectivity index (χ0v) is 13.6. The van der Waals surface area contributed by atoms with Crippen LogP contribution >= 0.6 is 11.6 Å². The van der Waals surface area contributed by atoms with E-state index in [0.717, 1.165) is 5.56 Å². The number of carbonyl (C=O) groups is 1.